The van der Waals surface area contributed by atoms with Gasteiger partial charge in [-0.1, -0.05) is 24.3 Å². The number of thiophene rings is 1. The van der Waals surface area contributed by atoms with E-state index < -0.39 is 0 Å². The second-order valence-electron chi connectivity index (χ2n) is 9.51. The fourth-order valence-electron chi connectivity index (χ4n) is 4.26. The first-order valence-corrected chi connectivity index (χ1v) is 13.3. The number of nitrogens with one attached hydrogen (secondary N) is 4. The fourth-order valence-corrected chi connectivity index (χ4v) is 5.17. The third kappa shape index (κ3) is 5.61. The topological polar surface area (TPSA) is 91.5 Å². The minimum Gasteiger partial charge on any atom is -0.380 e. The first kappa shape index (κ1) is 24.5. The van der Waals surface area contributed by atoms with E-state index in [9.17, 15) is 9.59 Å². The maximum Gasteiger partial charge on any atom is 0.261 e. The molecule has 3 heterocycles. The normalized spacial score (nSPS) is 18.0. The molecule has 7 nitrogen and oxygen atoms in total. The SMILES string of the molecule is Cc1ccc(NC2CNC2)cc1C(=O)NC(C)c1cccc(-c2ccc(C(=O)NCC3CCO3)s2)c1. The number of benzene rings is 2. The van der Waals surface area contributed by atoms with Gasteiger partial charge in [0.05, 0.1) is 23.1 Å². The summed E-state index contributed by atoms with van der Waals surface area (Å²) in [6.07, 6.45) is 1.14. The molecule has 0 bridgehead atoms. The molecule has 1 aromatic heterocycles. The van der Waals surface area contributed by atoms with Gasteiger partial charge >= 0.3 is 0 Å². The van der Waals surface area contributed by atoms with E-state index in [1.807, 2.05) is 62.4 Å². The Morgan fingerprint density at radius 1 is 1.11 bits per heavy atom. The van der Waals surface area contributed by atoms with Crippen LogP contribution in [0.2, 0.25) is 0 Å². The maximum atomic E-state index is 13.1. The Hall–Kier alpha value is -3.20. The lowest BCUT2D eigenvalue weighted by atomic mass is 10.0. The first-order valence-electron chi connectivity index (χ1n) is 12.4. The molecule has 188 valence electrons. The molecule has 2 atom stereocenters. The molecule has 0 radical (unpaired) electrons. The molecule has 0 spiro atoms. The highest BCUT2D eigenvalue weighted by atomic mass is 32.1. The van der Waals surface area contributed by atoms with Crippen LogP contribution in [0, 0.1) is 6.92 Å². The van der Waals surface area contributed by atoms with Crippen LogP contribution in [-0.2, 0) is 4.74 Å². The molecule has 0 aliphatic carbocycles. The number of carbonyl (C=O) groups excluding carboxylic acids is 2. The van der Waals surface area contributed by atoms with Crippen LogP contribution in [0.4, 0.5) is 5.69 Å². The van der Waals surface area contributed by atoms with E-state index in [-0.39, 0.29) is 24.0 Å². The summed E-state index contributed by atoms with van der Waals surface area (Å²) in [6.45, 7) is 7.15. The summed E-state index contributed by atoms with van der Waals surface area (Å²) >= 11 is 1.47. The Morgan fingerprint density at radius 3 is 2.67 bits per heavy atom. The molecule has 4 N–H and O–H groups in total. The van der Waals surface area contributed by atoms with Gasteiger partial charge in [0.25, 0.3) is 11.8 Å². The molecule has 3 aromatic rings. The van der Waals surface area contributed by atoms with Gasteiger partial charge in [-0.25, -0.2) is 0 Å². The molecular weight excluding hydrogens is 472 g/mol. The summed E-state index contributed by atoms with van der Waals surface area (Å²) < 4.78 is 5.37. The van der Waals surface area contributed by atoms with E-state index >= 15 is 0 Å². The predicted molar refractivity (Wildman–Crippen MR) is 144 cm³/mol. The van der Waals surface area contributed by atoms with Gasteiger partial charge in [-0.05, 0) is 67.3 Å². The van der Waals surface area contributed by atoms with E-state index in [0.717, 1.165) is 53.4 Å². The highest BCUT2D eigenvalue weighted by molar-refractivity contribution is 7.17. The van der Waals surface area contributed by atoms with Gasteiger partial charge in [-0.15, -0.1) is 11.3 Å². The third-order valence-corrected chi connectivity index (χ3v) is 7.90. The Kier molecular flexibility index (Phi) is 7.36. The summed E-state index contributed by atoms with van der Waals surface area (Å²) in [4.78, 5) is 27.3. The lowest BCUT2D eigenvalue weighted by molar-refractivity contribution is -0.0472. The smallest absolute Gasteiger partial charge is 0.261 e. The number of carbonyl (C=O) groups is 2. The van der Waals surface area contributed by atoms with Crippen molar-refractivity contribution in [3.05, 3.63) is 76.2 Å². The molecule has 2 amide bonds. The van der Waals surface area contributed by atoms with Crippen molar-refractivity contribution in [1.82, 2.24) is 16.0 Å². The van der Waals surface area contributed by atoms with Crippen molar-refractivity contribution < 1.29 is 14.3 Å². The maximum absolute atomic E-state index is 13.1. The molecule has 8 heteroatoms. The molecular formula is C28H32N4O3S. The van der Waals surface area contributed by atoms with Crippen LogP contribution in [0.15, 0.2) is 54.6 Å². The average Bonchev–Trinajstić information content (AvgIpc) is 3.32. The number of rotatable bonds is 9. The highest BCUT2D eigenvalue weighted by Crippen LogP contribution is 2.30. The Labute approximate surface area is 215 Å². The minimum absolute atomic E-state index is 0.0702. The van der Waals surface area contributed by atoms with Crippen LogP contribution in [0.3, 0.4) is 0 Å². The van der Waals surface area contributed by atoms with Crippen LogP contribution in [0.25, 0.3) is 10.4 Å². The molecule has 2 fully saturated rings. The van der Waals surface area contributed by atoms with Crippen LogP contribution in [-0.4, -0.2) is 50.2 Å². The molecule has 0 saturated carbocycles. The Bertz CT molecular complexity index is 1250. The van der Waals surface area contributed by atoms with Crippen molar-refractivity contribution in [1.29, 1.82) is 0 Å². The second kappa shape index (κ2) is 10.8. The van der Waals surface area contributed by atoms with Gasteiger partial charge in [0.2, 0.25) is 0 Å². The summed E-state index contributed by atoms with van der Waals surface area (Å²) in [5.74, 6) is -0.162. The van der Waals surface area contributed by atoms with Crippen molar-refractivity contribution in [3.8, 4) is 10.4 Å². The fraction of sp³-hybridized carbons (Fsp3) is 0.357. The van der Waals surface area contributed by atoms with Gasteiger partial charge in [0.1, 0.15) is 0 Å². The molecule has 2 aromatic carbocycles. The number of hydrogen-bond acceptors (Lipinski definition) is 6. The monoisotopic (exact) mass is 504 g/mol. The van der Waals surface area contributed by atoms with Crippen molar-refractivity contribution >= 4 is 28.8 Å². The number of amides is 2. The van der Waals surface area contributed by atoms with Gasteiger partial charge in [-0.3, -0.25) is 9.59 Å². The number of anilines is 1. The van der Waals surface area contributed by atoms with Crippen molar-refractivity contribution in [2.24, 2.45) is 0 Å². The first-order chi connectivity index (χ1) is 17.5. The summed E-state index contributed by atoms with van der Waals surface area (Å²) in [5.41, 5.74) is 4.62. The number of hydrogen-bond donors (Lipinski definition) is 4. The van der Waals surface area contributed by atoms with Crippen LogP contribution >= 0.6 is 11.3 Å². The van der Waals surface area contributed by atoms with E-state index in [1.165, 1.54) is 11.3 Å². The van der Waals surface area contributed by atoms with Crippen molar-refractivity contribution in [2.75, 3.05) is 31.6 Å². The lowest BCUT2D eigenvalue weighted by Crippen LogP contribution is -2.51. The third-order valence-electron chi connectivity index (χ3n) is 6.77. The quantitative estimate of drug-likeness (QED) is 0.352. The minimum atomic E-state index is -0.172. The van der Waals surface area contributed by atoms with E-state index in [1.54, 1.807) is 0 Å². The molecule has 2 aliphatic heterocycles. The summed E-state index contributed by atoms with van der Waals surface area (Å²) in [5, 5.41) is 12.8. The molecule has 2 unspecified atom stereocenters. The van der Waals surface area contributed by atoms with E-state index in [0.29, 0.717) is 23.0 Å². The number of aryl methyl sites for hydroxylation is 1. The molecule has 5 rings (SSSR count). The van der Waals surface area contributed by atoms with Gasteiger partial charge < -0.3 is 26.0 Å². The Morgan fingerprint density at radius 2 is 1.94 bits per heavy atom. The molecule has 2 saturated heterocycles. The molecule has 36 heavy (non-hydrogen) atoms. The molecule has 2 aliphatic rings. The zero-order chi connectivity index (χ0) is 25.1. The average molecular weight is 505 g/mol. The lowest BCUT2D eigenvalue weighted by Gasteiger charge is -2.29. The van der Waals surface area contributed by atoms with Crippen molar-refractivity contribution in [2.45, 2.75) is 38.5 Å². The highest BCUT2D eigenvalue weighted by Gasteiger charge is 2.20. The zero-order valence-electron chi connectivity index (χ0n) is 20.6. The summed E-state index contributed by atoms with van der Waals surface area (Å²) in [6, 6.07) is 18.1. The van der Waals surface area contributed by atoms with Gasteiger partial charge in [0.15, 0.2) is 0 Å². The van der Waals surface area contributed by atoms with Gasteiger partial charge in [-0.2, -0.15) is 0 Å². The van der Waals surface area contributed by atoms with Gasteiger partial charge in [0, 0.05) is 42.4 Å². The largest absolute Gasteiger partial charge is 0.380 e. The van der Waals surface area contributed by atoms with Crippen LogP contribution in [0.5, 0.6) is 0 Å². The summed E-state index contributed by atoms with van der Waals surface area (Å²) in [7, 11) is 0. The van der Waals surface area contributed by atoms with E-state index in [4.69, 9.17) is 4.74 Å². The van der Waals surface area contributed by atoms with Crippen molar-refractivity contribution in [3.63, 3.8) is 0 Å². The number of ether oxygens (including phenoxy) is 1. The predicted octanol–water partition coefficient (Wildman–Crippen LogP) is 4.12. The van der Waals surface area contributed by atoms with E-state index in [2.05, 4.69) is 27.3 Å². The van der Waals surface area contributed by atoms with Crippen LogP contribution in [0.1, 0.15) is 50.5 Å². The second-order valence-corrected chi connectivity index (χ2v) is 10.6. The van der Waals surface area contributed by atoms with Crippen LogP contribution < -0.4 is 21.3 Å². The Balaban J connectivity index is 1.24. The standard InChI is InChI=1S/C28H32N4O3S/c1-17-6-7-21(32-22-14-29-15-22)13-24(17)27(33)31-18(2)19-4-3-5-20(12-19)25-8-9-26(36-25)28(34)30-16-23-10-11-35-23/h3-9,12-13,18,22-23,29,32H,10-11,14-16H2,1-2H3,(H,30,34)(H,31,33). The zero-order valence-corrected chi connectivity index (χ0v) is 21.4.